The minimum Gasteiger partial charge on any atom is -0.492 e. The first-order valence-corrected chi connectivity index (χ1v) is 7.54. The number of nitrogens with one attached hydrogen (secondary N) is 1. The number of halogens is 1. The molecule has 0 aliphatic rings. The second-order valence-corrected chi connectivity index (χ2v) is 5.29. The van der Waals surface area contributed by atoms with Crippen molar-refractivity contribution in [3.8, 4) is 5.75 Å². The Balaban J connectivity index is 1.79. The molecule has 108 valence electrons. The fourth-order valence-electron chi connectivity index (χ4n) is 1.77. The van der Waals surface area contributed by atoms with Crippen molar-refractivity contribution in [2.45, 2.75) is 26.4 Å². The Morgan fingerprint density at radius 3 is 2.85 bits per heavy atom. The van der Waals surface area contributed by atoms with Crippen LogP contribution in [-0.2, 0) is 13.1 Å². The fourth-order valence-corrected chi connectivity index (χ4v) is 2.03. The van der Waals surface area contributed by atoms with Crippen LogP contribution in [0.1, 0.15) is 19.2 Å². The van der Waals surface area contributed by atoms with Gasteiger partial charge in [0.25, 0.3) is 0 Å². The Kier molecular flexibility index (Phi) is 6.01. The maximum Gasteiger partial charge on any atom is 0.140 e. The van der Waals surface area contributed by atoms with E-state index in [2.05, 4.69) is 38.3 Å². The molecule has 1 N–H and O–H groups in total. The summed E-state index contributed by atoms with van der Waals surface area (Å²) in [5.41, 5.74) is 0. The van der Waals surface area contributed by atoms with Crippen molar-refractivity contribution >= 4 is 15.9 Å². The van der Waals surface area contributed by atoms with Gasteiger partial charge in [-0.1, -0.05) is 22.9 Å². The molecule has 0 fully saturated rings. The van der Waals surface area contributed by atoms with Crippen LogP contribution in [0.3, 0.4) is 0 Å². The molecule has 6 heteroatoms. The Hall–Kier alpha value is -1.40. The van der Waals surface area contributed by atoms with Gasteiger partial charge in [-0.05, 0) is 37.2 Å². The second-order valence-electron chi connectivity index (χ2n) is 4.38. The maximum absolute atomic E-state index is 5.69. The lowest BCUT2D eigenvalue weighted by molar-refractivity contribution is 0.288. The molecule has 2 rings (SSSR count). The van der Waals surface area contributed by atoms with Crippen LogP contribution >= 0.6 is 15.9 Å². The molecule has 1 aromatic heterocycles. The summed E-state index contributed by atoms with van der Waals surface area (Å²) in [4.78, 5) is 4.25. The monoisotopic (exact) mass is 338 g/mol. The third-order valence-corrected chi connectivity index (χ3v) is 3.32. The van der Waals surface area contributed by atoms with Crippen molar-refractivity contribution in [1.82, 2.24) is 20.1 Å². The van der Waals surface area contributed by atoms with Crippen molar-refractivity contribution in [3.63, 3.8) is 0 Å². The quantitative estimate of drug-likeness (QED) is 0.751. The molecule has 0 aliphatic carbocycles. The van der Waals surface area contributed by atoms with Crippen molar-refractivity contribution in [3.05, 3.63) is 40.9 Å². The van der Waals surface area contributed by atoms with Crippen LogP contribution in [0.5, 0.6) is 5.75 Å². The van der Waals surface area contributed by atoms with Gasteiger partial charge in [-0.2, -0.15) is 5.10 Å². The van der Waals surface area contributed by atoms with E-state index in [4.69, 9.17) is 4.74 Å². The zero-order chi connectivity index (χ0) is 14.2. The van der Waals surface area contributed by atoms with Crippen molar-refractivity contribution in [2.75, 3.05) is 13.2 Å². The predicted octanol–water partition coefficient (Wildman–Crippen LogP) is 2.62. The molecule has 0 radical (unpaired) electrons. The molecule has 20 heavy (non-hydrogen) atoms. The summed E-state index contributed by atoms with van der Waals surface area (Å²) in [7, 11) is 0. The van der Waals surface area contributed by atoms with Gasteiger partial charge in [-0.25, -0.2) is 9.67 Å². The van der Waals surface area contributed by atoms with Crippen LogP contribution in [0, 0.1) is 0 Å². The lowest BCUT2D eigenvalue weighted by Gasteiger charge is -2.09. The van der Waals surface area contributed by atoms with Gasteiger partial charge in [0.2, 0.25) is 0 Å². The van der Waals surface area contributed by atoms with Crippen LogP contribution in [0.25, 0.3) is 0 Å². The highest BCUT2D eigenvalue weighted by molar-refractivity contribution is 9.10. The number of hydrogen-bond donors (Lipinski definition) is 1. The smallest absolute Gasteiger partial charge is 0.140 e. The molecular formula is C14H19BrN4O. The Morgan fingerprint density at radius 1 is 1.30 bits per heavy atom. The van der Waals surface area contributed by atoms with Gasteiger partial charge in [0.05, 0.1) is 13.1 Å². The van der Waals surface area contributed by atoms with Crippen LogP contribution in [0.4, 0.5) is 0 Å². The largest absolute Gasteiger partial charge is 0.492 e. The minimum atomic E-state index is 0.575. The van der Waals surface area contributed by atoms with E-state index in [1.165, 1.54) is 0 Å². The highest BCUT2D eigenvalue weighted by Crippen LogP contribution is 2.15. The summed E-state index contributed by atoms with van der Waals surface area (Å²) in [6, 6.07) is 7.81. The first-order valence-electron chi connectivity index (χ1n) is 6.75. The third-order valence-electron chi connectivity index (χ3n) is 2.79. The first-order chi connectivity index (χ1) is 9.79. The molecular weight excluding hydrogens is 320 g/mol. The van der Waals surface area contributed by atoms with E-state index in [1.54, 1.807) is 6.33 Å². The Labute approximate surface area is 127 Å². The predicted molar refractivity (Wildman–Crippen MR) is 81.7 cm³/mol. The van der Waals surface area contributed by atoms with Crippen LogP contribution < -0.4 is 10.1 Å². The zero-order valence-corrected chi connectivity index (χ0v) is 13.1. The Bertz CT molecular complexity index is 512. The van der Waals surface area contributed by atoms with E-state index < -0.39 is 0 Å². The molecule has 0 aliphatic heterocycles. The van der Waals surface area contributed by atoms with Gasteiger partial charge >= 0.3 is 0 Å². The maximum atomic E-state index is 5.69. The summed E-state index contributed by atoms with van der Waals surface area (Å²) in [6.45, 7) is 5.14. The number of hydrogen-bond acceptors (Lipinski definition) is 4. The number of ether oxygens (including phenoxy) is 1. The van der Waals surface area contributed by atoms with Gasteiger partial charge in [-0.15, -0.1) is 0 Å². The highest BCUT2D eigenvalue weighted by Gasteiger charge is 2.03. The molecule has 5 nitrogen and oxygen atoms in total. The van der Waals surface area contributed by atoms with E-state index in [9.17, 15) is 0 Å². The van der Waals surface area contributed by atoms with E-state index in [-0.39, 0.29) is 0 Å². The lowest BCUT2D eigenvalue weighted by atomic mass is 10.3. The normalized spacial score (nSPS) is 10.7. The molecule has 0 amide bonds. The highest BCUT2D eigenvalue weighted by atomic mass is 79.9. The molecule has 0 atom stereocenters. The summed E-state index contributed by atoms with van der Waals surface area (Å²) < 4.78 is 8.61. The van der Waals surface area contributed by atoms with E-state index in [0.29, 0.717) is 13.2 Å². The summed E-state index contributed by atoms with van der Waals surface area (Å²) >= 11 is 3.40. The number of benzene rings is 1. The SMILES string of the molecule is CCCNCc1ncnn1CCOc1ccc(Br)cc1. The molecule has 1 heterocycles. The van der Waals surface area contributed by atoms with E-state index in [0.717, 1.165) is 35.6 Å². The number of nitrogens with zero attached hydrogens (tertiary/aromatic N) is 3. The Morgan fingerprint density at radius 2 is 2.10 bits per heavy atom. The molecule has 2 aromatic rings. The van der Waals surface area contributed by atoms with Crippen LogP contribution in [0.2, 0.25) is 0 Å². The standard InChI is InChI=1S/C14H19BrN4O/c1-2-7-16-10-14-17-11-18-19(14)8-9-20-13-5-3-12(15)4-6-13/h3-6,11,16H,2,7-10H2,1H3. The van der Waals surface area contributed by atoms with Crippen LogP contribution in [-0.4, -0.2) is 27.9 Å². The van der Waals surface area contributed by atoms with E-state index in [1.807, 2.05) is 28.9 Å². The fraction of sp³-hybridized carbons (Fsp3) is 0.429. The van der Waals surface area contributed by atoms with Crippen molar-refractivity contribution < 1.29 is 4.74 Å². The lowest BCUT2D eigenvalue weighted by Crippen LogP contribution is -2.20. The topological polar surface area (TPSA) is 52.0 Å². The van der Waals surface area contributed by atoms with Gasteiger partial charge in [0.1, 0.15) is 24.5 Å². The van der Waals surface area contributed by atoms with Gasteiger partial charge in [0, 0.05) is 4.47 Å². The summed E-state index contributed by atoms with van der Waals surface area (Å²) in [5.74, 6) is 1.80. The molecule has 0 unspecified atom stereocenters. The minimum absolute atomic E-state index is 0.575. The van der Waals surface area contributed by atoms with Crippen molar-refractivity contribution in [1.29, 1.82) is 0 Å². The summed E-state index contributed by atoms with van der Waals surface area (Å²) in [5, 5.41) is 7.54. The van der Waals surface area contributed by atoms with Crippen LogP contribution in [0.15, 0.2) is 35.1 Å². The molecule has 0 saturated heterocycles. The van der Waals surface area contributed by atoms with Gasteiger partial charge in [0.15, 0.2) is 0 Å². The average molecular weight is 339 g/mol. The molecule has 1 aromatic carbocycles. The second kappa shape index (κ2) is 8.01. The third kappa shape index (κ3) is 4.61. The zero-order valence-electron chi connectivity index (χ0n) is 11.6. The molecule has 0 bridgehead atoms. The van der Waals surface area contributed by atoms with Gasteiger partial charge < -0.3 is 10.1 Å². The number of rotatable bonds is 8. The number of aromatic nitrogens is 3. The first kappa shape index (κ1) is 15.0. The average Bonchev–Trinajstić information content (AvgIpc) is 2.89. The van der Waals surface area contributed by atoms with Gasteiger partial charge in [-0.3, -0.25) is 0 Å². The van der Waals surface area contributed by atoms with E-state index >= 15 is 0 Å². The summed E-state index contributed by atoms with van der Waals surface area (Å²) in [6.07, 6.45) is 2.70. The molecule has 0 saturated carbocycles. The van der Waals surface area contributed by atoms with Crippen molar-refractivity contribution in [2.24, 2.45) is 0 Å². The molecule has 0 spiro atoms.